The molecule has 0 aliphatic carbocycles. The Kier molecular flexibility index (Phi) is 4.62. The summed E-state index contributed by atoms with van der Waals surface area (Å²) >= 11 is 0. The molecule has 1 rings (SSSR count). The minimum absolute atomic E-state index is 0.131. The van der Waals surface area contributed by atoms with E-state index in [1.807, 2.05) is 19.1 Å². The minimum Gasteiger partial charge on any atom is -0.544 e. The lowest BCUT2D eigenvalue weighted by atomic mass is 10.1. The fourth-order valence-corrected chi connectivity index (χ4v) is 2.42. The standard InChI is InChI=1S/C15H26O2Si/c1-12(16-5)13-8-10-14(11-9-13)17-18(6,7)15(2,3)4/h8-12H,1-7H3. The summed E-state index contributed by atoms with van der Waals surface area (Å²) in [4.78, 5) is 0. The van der Waals surface area contributed by atoms with Gasteiger partial charge in [-0.25, -0.2) is 0 Å². The third-order valence-electron chi connectivity index (χ3n) is 3.88. The van der Waals surface area contributed by atoms with Crippen molar-refractivity contribution in [2.24, 2.45) is 0 Å². The molecule has 0 spiro atoms. The zero-order valence-corrected chi connectivity index (χ0v) is 13.7. The number of methoxy groups -OCH3 is 1. The predicted octanol–water partition coefficient (Wildman–Crippen LogP) is 4.78. The van der Waals surface area contributed by atoms with Gasteiger partial charge in [0.1, 0.15) is 5.75 Å². The maximum absolute atomic E-state index is 6.23. The highest BCUT2D eigenvalue weighted by Crippen LogP contribution is 2.37. The lowest BCUT2D eigenvalue weighted by Crippen LogP contribution is -2.43. The molecule has 18 heavy (non-hydrogen) atoms. The van der Waals surface area contributed by atoms with E-state index in [-0.39, 0.29) is 11.1 Å². The van der Waals surface area contributed by atoms with E-state index in [0.29, 0.717) is 0 Å². The van der Waals surface area contributed by atoms with Crippen LogP contribution in [0.5, 0.6) is 5.75 Å². The second-order valence-corrected chi connectivity index (χ2v) is 11.0. The maximum Gasteiger partial charge on any atom is 0.250 e. The van der Waals surface area contributed by atoms with Crippen LogP contribution in [0.1, 0.15) is 39.4 Å². The third kappa shape index (κ3) is 3.59. The Balaban J connectivity index is 2.81. The van der Waals surface area contributed by atoms with Crippen LogP contribution in [0.2, 0.25) is 18.1 Å². The van der Waals surface area contributed by atoms with E-state index in [9.17, 15) is 0 Å². The number of ether oxygens (including phenoxy) is 1. The van der Waals surface area contributed by atoms with Crippen LogP contribution in [0.25, 0.3) is 0 Å². The molecule has 0 amide bonds. The van der Waals surface area contributed by atoms with Crippen LogP contribution in [-0.2, 0) is 4.74 Å². The van der Waals surface area contributed by atoms with E-state index < -0.39 is 8.32 Å². The van der Waals surface area contributed by atoms with Crippen molar-refractivity contribution in [3.63, 3.8) is 0 Å². The van der Waals surface area contributed by atoms with Gasteiger partial charge in [-0.1, -0.05) is 32.9 Å². The highest BCUT2D eigenvalue weighted by atomic mass is 28.4. The largest absolute Gasteiger partial charge is 0.544 e. The molecule has 0 aliphatic rings. The second-order valence-electron chi connectivity index (χ2n) is 6.31. The van der Waals surface area contributed by atoms with Crippen molar-refractivity contribution in [1.82, 2.24) is 0 Å². The first-order valence-corrected chi connectivity index (χ1v) is 9.40. The zero-order chi connectivity index (χ0) is 14.0. The lowest BCUT2D eigenvalue weighted by molar-refractivity contribution is 0.119. The summed E-state index contributed by atoms with van der Waals surface area (Å²) < 4.78 is 11.5. The minimum atomic E-state index is -1.73. The Bertz CT molecular complexity index is 376. The first-order valence-electron chi connectivity index (χ1n) is 6.49. The van der Waals surface area contributed by atoms with E-state index in [1.165, 1.54) is 5.56 Å². The van der Waals surface area contributed by atoms with Crippen molar-refractivity contribution in [1.29, 1.82) is 0 Å². The first kappa shape index (κ1) is 15.3. The molecule has 1 unspecified atom stereocenters. The quantitative estimate of drug-likeness (QED) is 0.730. The van der Waals surface area contributed by atoms with Crippen LogP contribution < -0.4 is 4.43 Å². The first-order chi connectivity index (χ1) is 8.17. The zero-order valence-electron chi connectivity index (χ0n) is 12.7. The van der Waals surface area contributed by atoms with E-state index in [2.05, 4.69) is 46.0 Å². The molecule has 0 bridgehead atoms. The summed E-state index contributed by atoms with van der Waals surface area (Å²) in [5, 5.41) is 0.228. The molecule has 0 heterocycles. The van der Waals surface area contributed by atoms with Gasteiger partial charge in [0.25, 0.3) is 0 Å². The van der Waals surface area contributed by atoms with Crippen molar-refractivity contribution < 1.29 is 9.16 Å². The summed E-state index contributed by atoms with van der Waals surface area (Å²) in [7, 11) is -0.00297. The van der Waals surface area contributed by atoms with Gasteiger partial charge in [0.15, 0.2) is 0 Å². The molecular weight excluding hydrogens is 240 g/mol. The van der Waals surface area contributed by atoms with Crippen LogP contribution in [-0.4, -0.2) is 15.4 Å². The van der Waals surface area contributed by atoms with Gasteiger partial charge in [-0.05, 0) is 42.8 Å². The average Bonchev–Trinajstić information content (AvgIpc) is 2.27. The van der Waals surface area contributed by atoms with E-state index >= 15 is 0 Å². The number of hydrogen-bond acceptors (Lipinski definition) is 2. The van der Waals surface area contributed by atoms with E-state index in [4.69, 9.17) is 9.16 Å². The number of hydrogen-bond donors (Lipinski definition) is 0. The topological polar surface area (TPSA) is 18.5 Å². The molecule has 0 saturated heterocycles. The molecule has 3 heteroatoms. The molecule has 1 aromatic rings. The maximum atomic E-state index is 6.23. The second kappa shape index (κ2) is 5.45. The lowest BCUT2D eigenvalue weighted by Gasteiger charge is -2.36. The highest BCUT2D eigenvalue weighted by Gasteiger charge is 2.38. The SMILES string of the molecule is COC(C)c1ccc(O[Si](C)(C)C(C)(C)C)cc1. The van der Waals surface area contributed by atoms with Crippen LogP contribution >= 0.6 is 0 Å². The van der Waals surface area contributed by atoms with Crippen molar-refractivity contribution in [2.75, 3.05) is 7.11 Å². The van der Waals surface area contributed by atoms with Gasteiger partial charge >= 0.3 is 0 Å². The van der Waals surface area contributed by atoms with Gasteiger partial charge < -0.3 is 9.16 Å². The van der Waals surface area contributed by atoms with Crippen LogP contribution in [0.15, 0.2) is 24.3 Å². The van der Waals surface area contributed by atoms with Crippen molar-refractivity contribution in [3.05, 3.63) is 29.8 Å². The Morgan fingerprint density at radius 2 is 1.56 bits per heavy atom. The Morgan fingerprint density at radius 3 is 1.94 bits per heavy atom. The molecule has 0 fully saturated rings. The fraction of sp³-hybridized carbons (Fsp3) is 0.600. The smallest absolute Gasteiger partial charge is 0.250 e. The van der Waals surface area contributed by atoms with Gasteiger partial charge in [0.2, 0.25) is 8.32 Å². The molecule has 0 N–H and O–H groups in total. The Morgan fingerprint density at radius 1 is 1.06 bits per heavy atom. The summed E-state index contributed by atoms with van der Waals surface area (Å²) in [6.45, 7) is 13.3. The summed E-state index contributed by atoms with van der Waals surface area (Å²) in [6, 6.07) is 8.25. The van der Waals surface area contributed by atoms with E-state index in [1.54, 1.807) is 7.11 Å². The Hall–Kier alpha value is -0.803. The van der Waals surface area contributed by atoms with Gasteiger partial charge in [0.05, 0.1) is 6.10 Å². The molecule has 1 aromatic carbocycles. The fourth-order valence-electron chi connectivity index (χ4n) is 1.39. The van der Waals surface area contributed by atoms with Crippen molar-refractivity contribution >= 4 is 8.32 Å². The molecular formula is C15H26O2Si. The average molecular weight is 266 g/mol. The highest BCUT2D eigenvalue weighted by molar-refractivity contribution is 6.74. The van der Waals surface area contributed by atoms with E-state index in [0.717, 1.165) is 5.75 Å². The Labute approximate surface area is 112 Å². The number of benzene rings is 1. The normalized spacial score (nSPS) is 14.4. The summed E-state index contributed by atoms with van der Waals surface area (Å²) in [5.41, 5.74) is 1.18. The van der Waals surface area contributed by atoms with Crippen LogP contribution in [0, 0.1) is 0 Å². The molecule has 1 atom stereocenters. The summed E-state index contributed by atoms with van der Waals surface area (Å²) in [5.74, 6) is 0.966. The monoisotopic (exact) mass is 266 g/mol. The third-order valence-corrected chi connectivity index (χ3v) is 8.24. The van der Waals surface area contributed by atoms with Gasteiger partial charge in [-0.2, -0.15) is 0 Å². The van der Waals surface area contributed by atoms with Gasteiger partial charge in [0, 0.05) is 7.11 Å². The molecule has 2 nitrogen and oxygen atoms in total. The number of rotatable bonds is 4. The molecule has 102 valence electrons. The summed E-state index contributed by atoms with van der Waals surface area (Å²) in [6.07, 6.45) is 0.131. The molecule has 0 aliphatic heterocycles. The van der Waals surface area contributed by atoms with Crippen LogP contribution in [0.3, 0.4) is 0 Å². The molecule has 0 aromatic heterocycles. The van der Waals surface area contributed by atoms with Gasteiger partial charge in [-0.15, -0.1) is 0 Å². The van der Waals surface area contributed by atoms with Crippen molar-refractivity contribution in [2.45, 2.75) is 51.9 Å². The van der Waals surface area contributed by atoms with Crippen molar-refractivity contribution in [3.8, 4) is 5.75 Å². The van der Waals surface area contributed by atoms with Crippen LogP contribution in [0.4, 0.5) is 0 Å². The van der Waals surface area contributed by atoms with Gasteiger partial charge in [-0.3, -0.25) is 0 Å². The molecule has 0 radical (unpaired) electrons. The predicted molar refractivity (Wildman–Crippen MR) is 79.7 cm³/mol. The molecule has 0 saturated carbocycles.